The molecule has 1 aliphatic heterocycles. The van der Waals surface area contributed by atoms with E-state index in [1.165, 1.54) is 12.1 Å². The Kier molecular flexibility index (Phi) is 4.81. The van der Waals surface area contributed by atoms with Gasteiger partial charge in [0, 0.05) is 13.0 Å². The summed E-state index contributed by atoms with van der Waals surface area (Å²) in [5.41, 5.74) is 0.750. The van der Waals surface area contributed by atoms with Crippen LogP contribution in [0.3, 0.4) is 0 Å². The van der Waals surface area contributed by atoms with Gasteiger partial charge in [-0.2, -0.15) is 0 Å². The van der Waals surface area contributed by atoms with Gasteiger partial charge >= 0.3 is 0 Å². The molecule has 4 nitrogen and oxygen atoms in total. The van der Waals surface area contributed by atoms with Gasteiger partial charge in [0.15, 0.2) is 6.29 Å². The number of hydrogen-bond acceptors (Lipinski definition) is 4. The molecule has 1 aromatic rings. The van der Waals surface area contributed by atoms with Gasteiger partial charge in [-0.3, -0.25) is 0 Å². The minimum absolute atomic E-state index is 0.182. The first-order valence-corrected chi connectivity index (χ1v) is 5.97. The Morgan fingerprint density at radius 3 is 2.61 bits per heavy atom. The summed E-state index contributed by atoms with van der Waals surface area (Å²) >= 11 is 0. The monoisotopic (exact) mass is 253 g/mol. The van der Waals surface area contributed by atoms with Crippen LogP contribution in [0.15, 0.2) is 24.3 Å². The summed E-state index contributed by atoms with van der Waals surface area (Å²) in [4.78, 5) is 11.0. The summed E-state index contributed by atoms with van der Waals surface area (Å²) in [5, 5.41) is 3.08. The predicted octanol–water partition coefficient (Wildman–Crippen LogP) is 1.42. The van der Waals surface area contributed by atoms with Crippen LogP contribution < -0.4 is 5.32 Å². The van der Waals surface area contributed by atoms with Crippen LogP contribution >= 0.6 is 0 Å². The molecular weight excluding hydrogens is 237 g/mol. The van der Waals surface area contributed by atoms with E-state index in [-0.39, 0.29) is 12.1 Å². The van der Waals surface area contributed by atoms with Crippen LogP contribution in [0.2, 0.25) is 0 Å². The van der Waals surface area contributed by atoms with Gasteiger partial charge in [-0.25, -0.2) is 4.39 Å². The van der Waals surface area contributed by atoms with Gasteiger partial charge in [-0.05, 0) is 17.7 Å². The third kappa shape index (κ3) is 3.60. The Morgan fingerprint density at radius 1 is 1.33 bits per heavy atom. The van der Waals surface area contributed by atoms with E-state index in [1.54, 1.807) is 12.1 Å². The van der Waals surface area contributed by atoms with Gasteiger partial charge in [0.25, 0.3) is 0 Å². The van der Waals surface area contributed by atoms with Crippen molar-refractivity contribution in [3.63, 3.8) is 0 Å². The lowest BCUT2D eigenvalue weighted by atomic mass is 10.1. The molecule has 0 amide bonds. The largest absolute Gasteiger partial charge is 0.350 e. The van der Waals surface area contributed by atoms with E-state index in [2.05, 4.69) is 5.32 Å². The summed E-state index contributed by atoms with van der Waals surface area (Å²) in [7, 11) is 0. The lowest BCUT2D eigenvalue weighted by molar-refractivity contribution is -0.109. The Labute approximate surface area is 105 Å². The summed E-state index contributed by atoms with van der Waals surface area (Å²) < 4.78 is 23.3. The van der Waals surface area contributed by atoms with Crippen LogP contribution in [-0.2, 0) is 14.3 Å². The summed E-state index contributed by atoms with van der Waals surface area (Å²) in [5.74, 6) is -0.309. The van der Waals surface area contributed by atoms with E-state index in [1.807, 2.05) is 0 Å². The molecule has 1 aromatic carbocycles. The summed E-state index contributed by atoms with van der Waals surface area (Å²) in [6.45, 7) is 1.85. The molecule has 2 rings (SSSR count). The first-order valence-electron chi connectivity index (χ1n) is 5.97. The molecule has 0 spiro atoms. The fourth-order valence-electron chi connectivity index (χ4n) is 1.85. The van der Waals surface area contributed by atoms with Gasteiger partial charge in [0.1, 0.15) is 12.1 Å². The van der Waals surface area contributed by atoms with E-state index in [0.29, 0.717) is 26.2 Å². The van der Waals surface area contributed by atoms with Gasteiger partial charge in [0.05, 0.1) is 19.3 Å². The highest BCUT2D eigenvalue weighted by Crippen LogP contribution is 2.12. The molecule has 0 radical (unpaired) electrons. The van der Waals surface area contributed by atoms with Crippen molar-refractivity contribution < 1.29 is 18.7 Å². The van der Waals surface area contributed by atoms with E-state index in [0.717, 1.165) is 11.8 Å². The molecule has 0 saturated carbocycles. The Balaban J connectivity index is 1.81. The molecule has 1 fully saturated rings. The normalized spacial score (nSPS) is 17.8. The van der Waals surface area contributed by atoms with Gasteiger partial charge < -0.3 is 19.6 Å². The first-order chi connectivity index (χ1) is 8.79. The lowest BCUT2D eigenvalue weighted by Crippen LogP contribution is -2.26. The standard InChI is InChI=1S/C13H16FNO3/c14-11-3-1-10(2-4-11)12(9-16)15-6-5-13-17-7-8-18-13/h1-4,9,12-13,15H,5-8H2. The molecule has 18 heavy (non-hydrogen) atoms. The van der Waals surface area contributed by atoms with Crippen LogP contribution in [0.4, 0.5) is 4.39 Å². The number of carbonyl (C=O) groups excluding carboxylic acids is 1. The molecule has 1 atom stereocenters. The number of nitrogens with one attached hydrogen (secondary N) is 1. The molecule has 98 valence electrons. The number of benzene rings is 1. The molecule has 1 aliphatic rings. The quantitative estimate of drug-likeness (QED) is 0.779. The fraction of sp³-hybridized carbons (Fsp3) is 0.462. The molecule has 5 heteroatoms. The van der Waals surface area contributed by atoms with E-state index in [9.17, 15) is 9.18 Å². The van der Waals surface area contributed by atoms with Crippen molar-refractivity contribution in [2.24, 2.45) is 0 Å². The van der Waals surface area contributed by atoms with Gasteiger partial charge in [-0.1, -0.05) is 12.1 Å². The third-order valence-corrected chi connectivity index (χ3v) is 2.80. The highest BCUT2D eigenvalue weighted by Gasteiger charge is 2.16. The number of rotatable bonds is 6. The second kappa shape index (κ2) is 6.58. The van der Waals surface area contributed by atoms with E-state index < -0.39 is 6.04 Å². The molecule has 0 aliphatic carbocycles. The van der Waals surface area contributed by atoms with E-state index >= 15 is 0 Å². The average molecular weight is 253 g/mol. The maximum absolute atomic E-state index is 12.8. The van der Waals surface area contributed by atoms with Crippen LogP contribution in [0.5, 0.6) is 0 Å². The summed E-state index contributed by atoms with van der Waals surface area (Å²) in [6, 6.07) is 5.47. The third-order valence-electron chi connectivity index (χ3n) is 2.80. The Bertz CT molecular complexity index is 376. The Hall–Kier alpha value is -1.30. The highest BCUT2D eigenvalue weighted by atomic mass is 19.1. The number of halogens is 1. The van der Waals surface area contributed by atoms with Crippen molar-refractivity contribution >= 4 is 6.29 Å². The topological polar surface area (TPSA) is 47.6 Å². The predicted molar refractivity (Wildman–Crippen MR) is 63.5 cm³/mol. The van der Waals surface area contributed by atoms with Crippen molar-refractivity contribution in [2.45, 2.75) is 18.8 Å². The molecular formula is C13H16FNO3. The Morgan fingerprint density at radius 2 is 2.00 bits per heavy atom. The molecule has 1 saturated heterocycles. The van der Waals surface area contributed by atoms with Crippen molar-refractivity contribution in [3.8, 4) is 0 Å². The zero-order valence-corrected chi connectivity index (χ0v) is 9.97. The van der Waals surface area contributed by atoms with Crippen molar-refractivity contribution in [1.82, 2.24) is 5.32 Å². The zero-order chi connectivity index (χ0) is 12.8. The van der Waals surface area contributed by atoms with Crippen molar-refractivity contribution in [1.29, 1.82) is 0 Å². The van der Waals surface area contributed by atoms with Crippen LogP contribution in [-0.4, -0.2) is 32.3 Å². The minimum atomic E-state index is -0.424. The molecule has 1 unspecified atom stereocenters. The molecule has 0 bridgehead atoms. The average Bonchev–Trinajstić information content (AvgIpc) is 2.89. The number of ether oxygens (including phenoxy) is 2. The van der Waals surface area contributed by atoms with Crippen molar-refractivity contribution in [3.05, 3.63) is 35.6 Å². The smallest absolute Gasteiger partial charge is 0.159 e. The number of aldehydes is 1. The molecule has 1 heterocycles. The minimum Gasteiger partial charge on any atom is -0.350 e. The van der Waals surface area contributed by atoms with Crippen LogP contribution in [0, 0.1) is 5.82 Å². The number of carbonyl (C=O) groups is 1. The zero-order valence-electron chi connectivity index (χ0n) is 9.97. The fourth-order valence-corrected chi connectivity index (χ4v) is 1.85. The van der Waals surface area contributed by atoms with Crippen LogP contribution in [0.25, 0.3) is 0 Å². The second-order valence-electron chi connectivity index (χ2n) is 4.08. The first kappa shape index (κ1) is 13.1. The van der Waals surface area contributed by atoms with Gasteiger partial charge in [-0.15, -0.1) is 0 Å². The SMILES string of the molecule is O=CC(NCCC1OCCO1)c1ccc(F)cc1. The van der Waals surface area contributed by atoms with Crippen LogP contribution in [0.1, 0.15) is 18.0 Å². The molecule has 1 N–H and O–H groups in total. The van der Waals surface area contributed by atoms with Crippen molar-refractivity contribution in [2.75, 3.05) is 19.8 Å². The number of hydrogen-bond donors (Lipinski definition) is 1. The lowest BCUT2D eigenvalue weighted by Gasteiger charge is -2.14. The van der Waals surface area contributed by atoms with Gasteiger partial charge in [0.2, 0.25) is 0 Å². The maximum Gasteiger partial charge on any atom is 0.159 e. The highest BCUT2D eigenvalue weighted by molar-refractivity contribution is 5.61. The second-order valence-corrected chi connectivity index (χ2v) is 4.08. The molecule has 0 aromatic heterocycles. The summed E-state index contributed by atoms with van der Waals surface area (Å²) in [6.07, 6.45) is 1.31. The maximum atomic E-state index is 12.8. The van der Waals surface area contributed by atoms with E-state index in [4.69, 9.17) is 9.47 Å².